The monoisotopic (exact) mass is 356 g/mol. The van der Waals surface area contributed by atoms with E-state index in [9.17, 15) is 4.79 Å². The first-order valence-electron chi connectivity index (χ1n) is 7.74. The molecule has 0 spiro atoms. The lowest BCUT2D eigenvalue weighted by atomic mass is 10.2. The number of aromatic nitrogens is 4. The number of aromatic amines is 1. The van der Waals surface area contributed by atoms with Crippen molar-refractivity contribution < 1.29 is 4.79 Å². The van der Waals surface area contributed by atoms with Gasteiger partial charge in [-0.3, -0.25) is 14.9 Å². The number of nitrogens with zero attached hydrogens (tertiary/aromatic N) is 3. The van der Waals surface area contributed by atoms with Gasteiger partial charge in [-0.25, -0.2) is 4.98 Å². The van der Waals surface area contributed by atoms with Crippen molar-refractivity contribution in [2.45, 2.75) is 19.5 Å². The van der Waals surface area contributed by atoms with E-state index < -0.39 is 0 Å². The number of carbonyl (C=O) groups is 1. The maximum Gasteiger partial charge on any atom is 0.228 e. The van der Waals surface area contributed by atoms with Gasteiger partial charge < -0.3 is 10.6 Å². The zero-order chi connectivity index (χ0) is 17.5. The number of H-pyrrole nitrogens is 1. The molecular formula is C17H17ClN6O. The molecule has 0 saturated heterocycles. The summed E-state index contributed by atoms with van der Waals surface area (Å²) < 4.78 is 0. The Morgan fingerprint density at radius 1 is 1.08 bits per heavy atom. The smallest absolute Gasteiger partial charge is 0.228 e. The summed E-state index contributed by atoms with van der Waals surface area (Å²) in [7, 11) is 0. The van der Waals surface area contributed by atoms with Crippen LogP contribution in [0.3, 0.4) is 0 Å². The van der Waals surface area contributed by atoms with Crippen molar-refractivity contribution in [2.24, 2.45) is 0 Å². The highest BCUT2D eigenvalue weighted by Gasteiger charge is 2.09. The number of hydrogen-bond donors (Lipinski definition) is 3. The molecule has 1 aromatic carbocycles. The van der Waals surface area contributed by atoms with Gasteiger partial charge in [-0.2, -0.15) is 5.10 Å². The lowest BCUT2D eigenvalue weighted by Gasteiger charge is -2.04. The molecular weight excluding hydrogens is 340 g/mol. The van der Waals surface area contributed by atoms with Gasteiger partial charge in [0, 0.05) is 29.6 Å². The molecule has 7 nitrogen and oxygen atoms in total. The Labute approximate surface area is 149 Å². The van der Waals surface area contributed by atoms with Crippen LogP contribution >= 0.6 is 11.6 Å². The summed E-state index contributed by atoms with van der Waals surface area (Å²) in [6, 6.07) is 11.1. The number of hydrogen-bond acceptors (Lipinski definition) is 5. The first kappa shape index (κ1) is 16.9. The molecule has 0 atom stereocenters. The van der Waals surface area contributed by atoms with Crippen LogP contribution in [0.25, 0.3) is 0 Å². The normalized spacial score (nSPS) is 10.4. The largest absolute Gasteiger partial charge is 0.378 e. The highest BCUT2D eigenvalue weighted by atomic mass is 35.5. The van der Waals surface area contributed by atoms with Gasteiger partial charge in [0.2, 0.25) is 5.91 Å². The van der Waals surface area contributed by atoms with Crippen LogP contribution < -0.4 is 10.6 Å². The Bertz CT molecular complexity index is 819. The number of carbonyl (C=O) groups excluding carboxylic acids is 1. The summed E-state index contributed by atoms with van der Waals surface area (Å²) in [6.45, 7) is 0.935. The predicted octanol–water partition coefficient (Wildman–Crippen LogP) is 2.32. The van der Waals surface area contributed by atoms with Gasteiger partial charge in [0.1, 0.15) is 5.82 Å². The lowest BCUT2D eigenvalue weighted by Crippen LogP contribution is -2.25. The molecule has 2 aromatic heterocycles. The number of amides is 1. The zero-order valence-electron chi connectivity index (χ0n) is 13.4. The van der Waals surface area contributed by atoms with Crippen molar-refractivity contribution in [2.75, 3.05) is 5.32 Å². The van der Waals surface area contributed by atoms with E-state index >= 15 is 0 Å². The van der Waals surface area contributed by atoms with Crippen molar-refractivity contribution in [3.63, 3.8) is 0 Å². The quantitative estimate of drug-likeness (QED) is 0.604. The van der Waals surface area contributed by atoms with Gasteiger partial charge in [-0.05, 0) is 42.0 Å². The fraction of sp³-hybridized carbons (Fsp3) is 0.176. The number of rotatable bonds is 7. The average molecular weight is 357 g/mol. The molecule has 0 aliphatic rings. The molecule has 1 amide bonds. The Morgan fingerprint density at radius 2 is 1.84 bits per heavy atom. The summed E-state index contributed by atoms with van der Waals surface area (Å²) in [5.41, 5.74) is 1.92. The predicted molar refractivity (Wildman–Crippen MR) is 94.9 cm³/mol. The highest BCUT2D eigenvalue weighted by Crippen LogP contribution is 2.13. The second-order valence-electron chi connectivity index (χ2n) is 5.37. The second-order valence-corrected chi connectivity index (χ2v) is 5.80. The van der Waals surface area contributed by atoms with Crippen LogP contribution in [0.2, 0.25) is 5.02 Å². The van der Waals surface area contributed by atoms with Gasteiger partial charge in [0.25, 0.3) is 0 Å². The average Bonchev–Trinajstić information content (AvgIpc) is 3.08. The van der Waals surface area contributed by atoms with E-state index in [1.807, 2.05) is 36.4 Å². The second kappa shape index (κ2) is 8.25. The lowest BCUT2D eigenvalue weighted by molar-refractivity contribution is -0.120. The maximum absolute atomic E-state index is 12.0. The van der Waals surface area contributed by atoms with Gasteiger partial charge >= 0.3 is 0 Å². The zero-order valence-corrected chi connectivity index (χ0v) is 14.1. The standard InChI is InChI=1S/C17H17ClN6O/c18-13-1-3-14(4-2-13)20-11-16-22-15(23-24-16)9-17(25)21-10-12-5-7-19-8-6-12/h1-8,20H,9-11H2,(H,21,25)(H,22,23,24). The van der Waals surface area contributed by atoms with Crippen LogP contribution in [0, 0.1) is 0 Å². The topological polar surface area (TPSA) is 95.6 Å². The van der Waals surface area contributed by atoms with Gasteiger partial charge in [-0.1, -0.05) is 11.6 Å². The van der Waals surface area contributed by atoms with Gasteiger partial charge in [0.05, 0.1) is 13.0 Å². The van der Waals surface area contributed by atoms with Crippen molar-refractivity contribution >= 4 is 23.2 Å². The molecule has 0 fully saturated rings. The molecule has 25 heavy (non-hydrogen) atoms. The molecule has 0 aliphatic carbocycles. The Morgan fingerprint density at radius 3 is 2.60 bits per heavy atom. The molecule has 2 heterocycles. The van der Waals surface area contributed by atoms with Crippen LogP contribution in [-0.2, 0) is 24.3 Å². The third-order valence-corrected chi connectivity index (χ3v) is 3.69. The summed E-state index contributed by atoms with van der Waals surface area (Å²) in [5.74, 6) is 0.986. The van der Waals surface area contributed by atoms with Crippen molar-refractivity contribution in [3.05, 3.63) is 71.0 Å². The van der Waals surface area contributed by atoms with Crippen LogP contribution in [-0.4, -0.2) is 26.1 Å². The number of halogens is 1. The molecule has 3 N–H and O–H groups in total. The summed E-state index contributed by atoms with van der Waals surface area (Å²) in [5, 5.41) is 13.6. The van der Waals surface area contributed by atoms with Crippen molar-refractivity contribution in [3.8, 4) is 0 Å². The van der Waals surface area contributed by atoms with E-state index in [0.29, 0.717) is 29.8 Å². The summed E-state index contributed by atoms with van der Waals surface area (Å²) in [4.78, 5) is 20.2. The van der Waals surface area contributed by atoms with Crippen molar-refractivity contribution in [1.82, 2.24) is 25.5 Å². The molecule has 3 rings (SSSR count). The third kappa shape index (κ3) is 5.29. The molecule has 0 unspecified atom stereocenters. The Hall–Kier alpha value is -2.93. The summed E-state index contributed by atoms with van der Waals surface area (Å²) in [6.07, 6.45) is 3.51. The van der Waals surface area contributed by atoms with E-state index in [4.69, 9.17) is 11.6 Å². The molecule has 128 valence electrons. The van der Waals surface area contributed by atoms with E-state index in [0.717, 1.165) is 11.3 Å². The Kier molecular flexibility index (Phi) is 5.58. The number of benzene rings is 1. The maximum atomic E-state index is 12.0. The minimum absolute atomic E-state index is 0.128. The van der Waals surface area contributed by atoms with Crippen LogP contribution in [0.5, 0.6) is 0 Å². The van der Waals surface area contributed by atoms with E-state index in [1.54, 1.807) is 12.4 Å². The number of nitrogens with one attached hydrogen (secondary N) is 3. The minimum atomic E-state index is -0.131. The van der Waals surface area contributed by atoms with Crippen LogP contribution in [0.15, 0.2) is 48.8 Å². The SMILES string of the molecule is O=C(Cc1n[nH]c(CNc2ccc(Cl)cc2)n1)NCc1ccncc1. The molecule has 0 saturated carbocycles. The molecule has 3 aromatic rings. The fourth-order valence-electron chi connectivity index (χ4n) is 2.15. The van der Waals surface area contributed by atoms with Crippen molar-refractivity contribution in [1.29, 1.82) is 0 Å². The van der Waals surface area contributed by atoms with Crippen LogP contribution in [0.1, 0.15) is 17.2 Å². The van der Waals surface area contributed by atoms with E-state index in [1.165, 1.54) is 0 Å². The molecule has 0 radical (unpaired) electrons. The molecule has 8 heteroatoms. The number of pyridine rings is 1. The molecule has 0 bridgehead atoms. The van der Waals surface area contributed by atoms with Gasteiger partial charge in [0.15, 0.2) is 5.82 Å². The minimum Gasteiger partial charge on any atom is -0.378 e. The van der Waals surface area contributed by atoms with E-state index in [-0.39, 0.29) is 12.3 Å². The molecule has 0 aliphatic heterocycles. The summed E-state index contributed by atoms with van der Waals surface area (Å²) >= 11 is 5.85. The van der Waals surface area contributed by atoms with Gasteiger partial charge in [-0.15, -0.1) is 0 Å². The first-order chi connectivity index (χ1) is 12.2. The fourth-order valence-corrected chi connectivity index (χ4v) is 2.28. The van der Waals surface area contributed by atoms with E-state index in [2.05, 4.69) is 30.8 Å². The first-order valence-corrected chi connectivity index (χ1v) is 8.12. The number of anilines is 1. The van der Waals surface area contributed by atoms with Crippen LogP contribution in [0.4, 0.5) is 5.69 Å². The third-order valence-electron chi connectivity index (χ3n) is 3.44. The Balaban J connectivity index is 1.46. The highest BCUT2D eigenvalue weighted by molar-refractivity contribution is 6.30.